The first kappa shape index (κ1) is 21.7. The number of amidine groups is 1. The Morgan fingerprint density at radius 2 is 2.21 bits per heavy atom. The first-order chi connectivity index (χ1) is 16.4. The van der Waals surface area contributed by atoms with Crippen LogP contribution < -0.4 is 10.6 Å². The van der Waals surface area contributed by atoms with Crippen molar-refractivity contribution in [1.29, 1.82) is 5.26 Å². The van der Waals surface area contributed by atoms with Crippen molar-refractivity contribution in [2.24, 2.45) is 9.98 Å². The number of halogens is 1. The first-order valence-corrected chi connectivity index (χ1v) is 11.1. The third-order valence-electron chi connectivity index (χ3n) is 6.18. The van der Waals surface area contributed by atoms with E-state index >= 15 is 0 Å². The van der Waals surface area contributed by atoms with Crippen molar-refractivity contribution in [2.75, 3.05) is 13.1 Å². The summed E-state index contributed by atoms with van der Waals surface area (Å²) in [4.78, 5) is 39.9. The lowest BCUT2D eigenvalue weighted by Gasteiger charge is -2.33. The fourth-order valence-electron chi connectivity index (χ4n) is 4.70. The van der Waals surface area contributed by atoms with Crippen LogP contribution in [0.3, 0.4) is 0 Å². The number of aromatic nitrogens is 1. The average Bonchev–Trinajstić information content (AvgIpc) is 3.45. The second-order valence-electron chi connectivity index (χ2n) is 8.50. The molecule has 2 atom stereocenters. The molecule has 2 aromatic rings. The van der Waals surface area contributed by atoms with Gasteiger partial charge in [-0.1, -0.05) is 6.07 Å². The number of aliphatic imine (C=N–C) groups is 2. The maximum Gasteiger partial charge on any atom is 0.253 e. The van der Waals surface area contributed by atoms with E-state index in [1.807, 2.05) is 6.07 Å². The summed E-state index contributed by atoms with van der Waals surface area (Å²) in [6, 6.07) is 7.93. The van der Waals surface area contributed by atoms with Crippen LogP contribution >= 0.6 is 0 Å². The lowest BCUT2D eigenvalue weighted by molar-refractivity contribution is -0.119. The summed E-state index contributed by atoms with van der Waals surface area (Å²) in [6.45, 7) is 3.12. The molecule has 2 amide bonds. The summed E-state index contributed by atoms with van der Waals surface area (Å²) < 4.78 is 14.7. The third-order valence-corrected chi connectivity index (χ3v) is 6.18. The van der Waals surface area contributed by atoms with E-state index in [9.17, 15) is 19.2 Å². The van der Waals surface area contributed by atoms with E-state index in [0.717, 1.165) is 19.4 Å². The minimum atomic E-state index is -0.687. The van der Waals surface area contributed by atoms with Crippen LogP contribution in [0.4, 0.5) is 4.39 Å². The molecule has 172 valence electrons. The number of nitriles is 1. The Morgan fingerprint density at radius 3 is 3.00 bits per heavy atom. The molecule has 0 bridgehead atoms. The number of hydrogen-bond acceptors (Lipinski definition) is 7. The number of fused-ring (bicyclic) bond motifs is 1. The molecule has 9 nitrogen and oxygen atoms in total. The van der Waals surface area contributed by atoms with Gasteiger partial charge in [-0.2, -0.15) is 5.26 Å². The molecule has 0 saturated carbocycles. The number of nitrogens with zero attached hydrogens (tertiary/aromatic N) is 5. The Hall–Kier alpha value is -4.13. The van der Waals surface area contributed by atoms with E-state index in [1.54, 1.807) is 12.3 Å². The molecule has 1 aromatic heterocycles. The minimum Gasteiger partial charge on any atom is -0.354 e. The molecule has 2 N–H and O–H groups in total. The molecule has 4 heterocycles. The summed E-state index contributed by atoms with van der Waals surface area (Å²) >= 11 is 0. The molecule has 3 aliphatic heterocycles. The number of nitrogens with one attached hydrogen (secondary N) is 2. The quantitative estimate of drug-likeness (QED) is 0.728. The Balaban J connectivity index is 1.52. The molecule has 0 spiro atoms. The highest BCUT2D eigenvalue weighted by molar-refractivity contribution is 6.30. The number of rotatable bonds is 3. The molecule has 10 heteroatoms. The summed E-state index contributed by atoms with van der Waals surface area (Å²) in [5.41, 5.74) is 1.90. The van der Waals surface area contributed by atoms with E-state index < -0.39 is 12.0 Å². The number of pyridine rings is 1. The van der Waals surface area contributed by atoms with Crippen molar-refractivity contribution in [1.82, 2.24) is 20.5 Å². The lowest BCUT2D eigenvalue weighted by atomic mass is 9.98. The van der Waals surface area contributed by atoms with E-state index in [0.29, 0.717) is 29.2 Å². The summed E-state index contributed by atoms with van der Waals surface area (Å²) in [5.74, 6) is -0.233. The molecule has 1 aromatic carbocycles. The predicted molar refractivity (Wildman–Crippen MR) is 123 cm³/mol. The molecule has 1 saturated heterocycles. The van der Waals surface area contributed by atoms with Crippen LogP contribution in [0.15, 0.2) is 34.3 Å². The number of carbonyl (C=O) groups is 2. The van der Waals surface area contributed by atoms with E-state index in [2.05, 4.69) is 25.5 Å². The largest absolute Gasteiger partial charge is 0.354 e. The number of hydrogen-bond donors (Lipinski definition) is 2. The molecular weight excluding hydrogens is 437 g/mol. The van der Waals surface area contributed by atoms with Crippen molar-refractivity contribution >= 4 is 23.9 Å². The number of piperidine rings is 1. The van der Waals surface area contributed by atoms with E-state index in [-0.39, 0.29) is 41.2 Å². The number of carbonyl (C=O) groups excluding carboxylic acids is 2. The highest BCUT2D eigenvalue weighted by Crippen LogP contribution is 2.35. The van der Waals surface area contributed by atoms with Crippen molar-refractivity contribution in [3.05, 3.63) is 52.5 Å². The summed E-state index contributed by atoms with van der Waals surface area (Å²) in [5, 5.41) is 15.2. The Labute approximate surface area is 195 Å². The normalized spacial score (nSPS) is 21.0. The lowest BCUT2D eigenvalue weighted by Crippen LogP contribution is -2.49. The number of amides is 2. The van der Waals surface area contributed by atoms with Gasteiger partial charge in [-0.15, -0.1) is 0 Å². The van der Waals surface area contributed by atoms with Gasteiger partial charge in [-0.3, -0.25) is 14.6 Å². The van der Waals surface area contributed by atoms with Crippen LogP contribution in [0.25, 0.3) is 11.3 Å². The Kier molecular flexibility index (Phi) is 5.53. The van der Waals surface area contributed by atoms with Gasteiger partial charge >= 0.3 is 0 Å². The zero-order valence-corrected chi connectivity index (χ0v) is 18.5. The van der Waals surface area contributed by atoms with E-state index in [1.165, 1.54) is 25.1 Å². The zero-order chi connectivity index (χ0) is 23.8. The smallest absolute Gasteiger partial charge is 0.253 e. The van der Waals surface area contributed by atoms with Crippen LogP contribution in [0.2, 0.25) is 0 Å². The molecule has 0 aliphatic carbocycles. The topological polar surface area (TPSA) is 123 Å². The standard InChI is InChI=1S/C24H22FN7O2/c1-13(33)29-15-5-3-7-32(12-15)20-11-27-23(31-20)16-8-18(30-19-10-28-24(34)22(16)19)21-14(9-26)4-2-6-17(21)25/h2,4,6,8,11,15,23H,3,5,7,10,12H2,1H3,(H,28,34)(H,29,33)/t15-,23?/m1/s1. The summed E-state index contributed by atoms with van der Waals surface area (Å²) in [7, 11) is 0. The van der Waals surface area contributed by atoms with Gasteiger partial charge in [-0.25, -0.2) is 14.4 Å². The molecule has 0 radical (unpaired) electrons. The molecule has 1 unspecified atom stereocenters. The maximum absolute atomic E-state index is 14.7. The monoisotopic (exact) mass is 459 g/mol. The molecular formula is C24H22FN7O2. The summed E-state index contributed by atoms with van der Waals surface area (Å²) in [6.07, 6.45) is 2.79. The first-order valence-electron chi connectivity index (χ1n) is 11.1. The van der Waals surface area contributed by atoms with Crippen LogP contribution in [-0.2, 0) is 11.3 Å². The van der Waals surface area contributed by atoms with Crippen LogP contribution in [0.1, 0.15) is 53.1 Å². The van der Waals surface area contributed by atoms with Gasteiger partial charge in [0.05, 0.1) is 46.9 Å². The van der Waals surface area contributed by atoms with Crippen LogP contribution in [0.5, 0.6) is 0 Å². The van der Waals surface area contributed by atoms with Crippen molar-refractivity contribution < 1.29 is 14.0 Å². The van der Waals surface area contributed by atoms with Gasteiger partial charge in [0, 0.05) is 31.6 Å². The maximum atomic E-state index is 14.7. The van der Waals surface area contributed by atoms with Gasteiger partial charge in [0.2, 0.25) is 5.91 Å². The number of likely N-dealkylation sites (tertiary alicyclic amines) is 1. The highest BCUT2D eigenvalue weighted by Gasteiger charge is 2.32. The predicted octanol–water partition coefficient (Wildman–Crippen LogP) is 2.08. The fourth-order valence-corrected chi connectivity index (χ4v) is 4.70. The SMILES string of the molecule is CC(=O)N[C@@H]1CCCN(C2=NC(c3cc(-c4c(F)cccc4C#N)nc4c3C(=O)NC4)N=C2)C1. The van der Waals surface area contributed by atoms with Gasteiger partial charge in [0.1, 0.15) is 11.7 Å². The van der Waals surface area contributed by atoms with Gasteiger partial charge in [0.25, 0.3) is 5.91 Å². The third kappa shape index (κ3) is 3.90. The fraction of sp³-hybridized carbons (Fsp3) is 0.333. The molecule has 34 heavy (non-hydrogen) atoms. The second kappa shape index (κ2) is 8.67. The zero-order valence-electron chi connectivity index (χ0n) is 18.5. The van der Waals surface area contributed by atoms with Crippen molar-refractivity contribution in [2.45, 2.75) is 38.5 Å². The van der Waals surface area contributed by atoms with Gasteiger partial charge in [-0.05, 0) is 31.0 Å². The molecule has 3 aliphatic rings. The Morgan fingerprint density at radius 1 is 1.35 bits per heavy atom. The van der Waals surface area contributed by atoms with Crippen molar-refractivity contribution in [3.63, 3.8) is 0 Å². The van der Waals surface area contributed by atoms with Crippen molar-refractivity contribution in [3.8, 4) is 17.3 Å². The molecule has 5 rings (SSSR count). The van der Waals surface area contributed by atoms with Crippen LogP contribution in [0, 0.1) is 17.1 Å². The second-order valence-corrected chi connectivity index (χ2v) is 8.50. The van der Waals surface area contributed by atoms with Crippen LogP contribution in [-0.4, -0.2) is 52.9 Å². The number of benzene rings is 1. The average molecular weight is 459 g/mol. The van der Waals surface area contributed by atoms with Gasteiger partial charge < -0.3 is 15.5 Å². The highest BCUT2D eigenvalue weighted by atomic mass is 19.1. The van der Waals surface area contributed by atoms with Gasteiger partial charge in [0.15, 0.2) is 6.17 Å². The minimum absolute atomic E-state index is 0.0365. The van der Waals surface area contributed by atoms with E-state index in [4.69, 9.17) is 4.99 Å². The molecule has 1 fully saturated rings. The Bertz CT molecular complexity index is 1300.